The molecule has 0 aromatic heterocycles. The Morgan fingerprint density at radius 1 is 1.79 bits per heavy atom. The van der Waals surface area contributed by atoms with Crippen LogP contribution in [0.25, 0.3) is 0 Å². The maximum absolute atomic E-state index is 11.4. The molecule has 0 aromatic rings. The molecule has 14 heavy (non-hydrogen) atoms. The highest BCUT2D eigenvalue weighted by Gasteiger charge is 2.31. The van der Waals surface area contributed by atoms with E-state index >= 15 is 0 Å². The van der Waals surface area contributed by atoms with Crippen LogP contribution in [0.2, 0.25) is 0 Å². The van der Waals surface area contributed by atoms with E-state index in [9.17, 15) is 9.59 Å². The van der Waals surface area contributed by atoms with E-state index in [0.717, 1.165) is 0 Å². The summed E-state index contributed by atoms with van der Waals surface area (Å²) >= 11 is 1.21. The van der Waals surface area contributed by atoms with Gasteiger partial charge < -0.3 is 10.0 Å². The minimum absolute atomic E-state index is 0.0321. The van der Waals surface area contributed by atoms with E-state index in [4.69, 9.17) is 5.11 Å². The number of nitrogens with zero attached hydrogens (tertiary/aromatic N) is 1. The number of carbonyl (C=O) groups is 2. The topological polar surface area (TPSA) is 57.6 Å². The Hall–Kier alpha value is -0.550. The van der Waals surface area contributed by atoms with Gasteiger partial charge in [-0.05, 0) is 6.92 Å². The molecule has 0 radical (unpaired) electrons. The summed E-state index contributed by atoms with van der Waals surface area (Å²) in [6, 6.07) is 0. The van der Waals surface area contributed by atoms with Gasteiger partial charge >= 0.3 is 0 Å². The average Bonchev–Trinajstić information content (AvgIpc) is 2.28. The number of aliphatic hydroxyl groups excluding tert-OH is 1. The van der Waals surface area contributed by atoms with Crippen molar-refractivity contribution >= 4 is 22.8 Å². The second-order valence-corrected chi connectivity index (χ2v) is 5.06. The number of β-amino-alcohol motifs (C(OH)–C–C–N with tert-alkyl or cyclic N) is 1. The Morgan fingerprint density at radius 3 is 2.93 bits per heavy atom. The van der Waals surface area contributed by atoms with Gasteiger partial charge in [-0.2, -0.15) is 0 Å². The van der Waals surface area contributed by atoms with Crippen LogP contribution in [-0.2, 0) is 9.59 Å². The normalized spacial score (nSPS) is 24.1. The van der Waals surface area contributed by atoms with Crippen molar-refractivity contribution in [2.75, 3.05) is 13.1 Å². The minimum atomic E-state index is -0.500. The third-order valence-electron chi connectivity index (χ3n) is 2.00. The Labute approximate surface area is 87.7 Å². The zero-order chi connectivity index (χ0) is 10.7. The Balaban J connectivity index is 2.43. The first-order valence-corrected chi connectivity index (χ1v) is 5.50. The molecule has 0 aromatic carbocycles. The van der Waals surface area contributed by atoms with Gasteiger partial charge in [-0.25, -0.2) is 0 Å². The molecule has 1 rings (SSSR count). The van der Waals surface area contributed by atoms with Crippen LogP contribution in [0.3, 0.4) is 0 Å². The van der Waals surface area contributed by atoms with Gasteiger partial charge in [-0.15, -0.1) is 0 Å². The summed E-state index contributed by atoms with van der Waals surface area (Å²) in [7, 11) is 0. The molecule has 0 saturated carbocycles. The number of likely N-dealkylation sites (tertiary alicyclic amines) is 1. The lowest BCUT2D eigenvalue weighted by atomic mass is 10.4. The number of thioether (sulfide) groups is 1. The molecule has 80 valence electrons. The molecule has 1 aliphatic heterocycles. The van der Waals surface area contributed by atoms with Gasteiger partial charge in [-0.1, -0.05) is 11.8 Å². The van der Waals surface area contributed by atoms with Crippen molar-refractivity contribution in [3.05, 3.63) is 0 Å². The number of aliphatic hydroxyl groups is 1. The van der Waals surface area contributed by atoms with E-state index in [0.29, 0.717) is 19.5 Å². The van der Waals surface area contributed by atoms with Crippen molar-refractivity contribution < 1.29 is 14.7 Å². The fourth-order valence-electron chi connectivity index (χ4n) is 1.54. The summed E-state index contributed by atoms with van der Waals surface area (Å²) in [6.45, 7) is 4.10. The molecule has 1 saturated heterocycles. The Kier molecular flexibility index (Phi) is 3.95. The first kappa shape index (κ1) is 11.5. The minimum Gasteiger partial charge on any atom is -0.392 e. The largest absolute Gasteiger partial charge is 0.392 e. The number of carbonyl (C=O) groups excluding carboxylic acids is 2. The van der Waals surface area contributed by atoms with Crippen LogP contribution in [0.5, 0.6) is 0 Å². The van der Waals surface area contributed by atoms with Gasteiger partial charge in [0.25, 0.3) is 0 Å². The summed E-state index contributed by atoms with van der Waals surface area (Å²) < 4.78 is 0. The molecule has 0 spiro atoms. The van der Waals surface area contributed by atoms with Gasteiger partial charge in [0, 0.05) is 31.7 Å². The molecule has 4 nitrogen and oxygen atoms in total. The summed E-state index contributed by atoms with van der Waals surface area (Å²) in [6.07, 6.45) is -0.0863. The van der Waals surface area contributed by atoms with Crippen molar-refractivity contribution in [2.45, 2.75) is 31.6 Å². The van der Waals surface area contributed by atoms with Gasteiger partial charge in [0.1, 0.15) is 0 Å². The molecule has 1 heterocycles. The van der Waals surface area contributed by atoms with Crippen LogP contribution in [0.4, 0.5) is 0 Å². The first-order valence-electron chi connectivity index (χ1n) is 4.62. The van der Waals surface area contributed by atoms with Crippen molar-refractivity contribution in [3.8, 4) is 0 Å². The van der Waals surface area contributed by atoms with Crippen LogP contribution in [-0.4, -0.2) is 45.5 Å². The molecule has 0 bridgehead atoms. The van der Waals surface area contributed by atoms with Crippen molar-refractivity contribution in [1.82, 2.24) is 4.90 Å². The molecule has 0 aliphatic carbocycles. The van der Waals surface area contributed by atoms with Crippen molar-refractivity contribution in [3.63, 3.8) is 0 Å². The fourth-order valence-corrected chi connectivity index (χ4v) is 2.49. The average molecular weight is 217 g/mol. The first-order chi connectivity index (χ1) is 6.49. The highest BCUT2D eigenvalue weighted by molar-refractivity contribution is 8.14. The lowest BCUT2D eigenvalue weighted by Gasteiger charge is -2.17. The zero-order valence-corrected chi connectivity index (χ0v) is 9.21. The second-order valence-electron chi connectivity index (χ2n) is 3.58. The molecule has 1 fully saturated rings. The van der Waals surface area contributed by atoms with Crippen molar-refractivity contribution in [1.29, 1.82) is 0 Å². The zero-order valence-electron chi connectivity index (χ0n) is 8.40. The predicted molar refractivity (Wildman–Crippen MR) is 54.9 cm³/mol. The number of hydrogen-bond acceptors (Lipinski definition) is 4. The van der Waals surface area contributed by atoms with Crippen LogP contribution in [0, 0.1) is 0 Å². The standard InChI is InChI=1S/C9H15NO3S/c1-6(11)4-10-5-8(3-9(10)13)14-7(2)12/h6,8,11H,3-5H2,1-2H3/t6-,8?/m0/s1. The van der Waals surface area contributed by atoms with Crippen LogP contribution < -0.4 is 0 Å². The molecule has 5 heteroatoms. The van der Waals surface area contributed by atoms with Crippen LogP contribution in [0.1, 0.15) is 20.3 Å². The van der Waals surface area contributed by atoms with E-state index in [1.807, 2.05) is 0 Å². The summed E-state index contributed by atoms with van der Waals surface area (Å²) in [5.74, 6) is 0.0321. The Morgan fingerprint density at radius 2 is 2.43 bits per heavy atom. The quantitative estimate of drug-likeness (QED) is 0.736. The van der Waals surface area contributed by atoms with E-state index in [-0.39, 0.29) is 16.3 Å². The highest BCUT2D eigenvalue weighted by atomic mass is 32.2. The highest BCUT2D eigenvalue weighted by Crippen LogP contribution is 2.23. The van der Waals surface area contributed by atoms with Crippen LogP contribution >= 0.6 is 11.8 Å². The third kappa shape index (κ3) is 3.31. The maximum atomic E-state index is 11.4. The molecule has 1 aliphatic rings. The second kappa shape index (κ2) is 4.79. The van der Waals surface area contributed by atoms with Gasteiger partial charge in [0.2, 0.25) is 5.91 Å². The van der Waals surface area contributed by atoms with Gasteiger partial charge in [-0.3, -0.25) is 9.59 Å². The van der Waals surface area contributed by atoms with E-state index < -0.39 is 6.10 Å². The molecule has 1 N–H and O–H groups in total. The molecule has 1 amide bonds. The fraction of sp³-hybridized carbons (Fsp3) is 0.778. The van der Waals surface area contributed by atoms with Crippen LogP contribution in [0.15, 0.2) is 0 Å². The Bertz CT molecular complexity index is 242. The molecular formula is C9H15NO3S. The van der Waals surface area contributed by atoms with E-state index in [1.165, 1.54) is 18.7 Å². The van der Waals surface area contributed by atoms with Gasteiger partial charge in [0.05, 0.1) is 6.10 Å². The lowest BCUT2D eigenvalue weighted by Crippen LogP contribution is -2.32. The molecular weight excluding hydrogens is 202 g/mol. The number of hydrogen-bond donors (Lipinski definition) is 1. The lowest BCUT2D eigenvalue weighted by molar-refractivity contribution is -0.128. The smallest absolute Gasteiger partial charge is 0.223 e. The van der Waals surface area contributed by atoms with Crippen molar-refractivity contribution in [2.24, 2.45) is 0 Å². The number of amides is 1. The molecule has 1 unspecified atom stereocenters. The van der Waals surface area contributed by atoms with E-state index in [2.05, 4.69) is 0 Å². The summed E-state index contributed by atoms with van der Waals surface area (Å²) in [5.41, 5.74) is 0. The SMILES string of the molecule is CC(=O)SC1CC(=O)N(C[C@H](C)O)C1. The summed E-state index contributed by atoms with van der Waals surface area (Å²) in [4.78, 5) is 23.8. The predicted octanol–water partition coefficient (Wildman–Crippen LogP) is 0.248. The maximum Gasteiger partial charge on any atom is 0.223 e. The third-order valence-corrected chi connectivity index (χ3v) is 2.98. The number of rotatable bonds is 3. The molecule has 2 atom stereocenters. The van der Waals surface area contributed by atoms with Gasteiger partial charge in [0.15, 0.2) is 5.12 Å². The van der Waals surface area contributed by atoms with E-state index in [1.54, 1.807) is 11.8 Å². The summed E-state index contributed by atoms with van der Waals surface area (Å²) in [5, 5.41) is 9.24. The monoisotopic (exact) mass is 217 g/mol.